The Morgan fingerprint density at radius 2 is 2.33 bits per heavy atom. The van der Waals surface area contributed by atoms with Gasteiger partial charge in [0.1, 0.15) is 0 Å². The van der Waals surface area contributed by atoms with Gasteiger partial charge in [-0.2, -0.15) is 5.10 Å². The molecule has 0 saturated carbocycles. The lowest BCUT2D eigenvalue weighted by atomic mass is 10.2. The molecule has 5 nitrogen and oxygen atoms in total. The van der Waals surface area contributed by atoms with E-state index in [1.165, 1.54) is 0 Å². The van der Waals surface area contributed by atoms with E-state index in [2.05, 4.69) is 30.9 Å². The fraction of sp³-hybridized carbons (Fsp3) is 0.455. The van der Waals surface area contributed by atoms with Crippen LogP contribution in [0, 0.1) is 0 Å². The van der Waals surface area contributed by atoms with Gasteiger partial charge in [0.15, 0.2) is 0 Å². The van der Waals surface area contributed by atoms with Crippen LogP contribution in [0.5, 0.6) is 0 Å². The fourth-order valence-corrected chi connectivity index (χ4v) is 2.80. The number of thiazole rings is 1. The molecule has 0 amide bonds. The number of hydrogen-bond acceptors (Lipinski definition) is 5. The zero-order valence-electron chi connectivity index (χ0n) is 10.4. The van der Waals surface area contributed by atoms with Crippen molar-refractivity contribution in [1.29, 1.82) is 0 Å². The summed E-state index contributed by atoms with van der Waals surface area (Å²) in [6.07, 6.45) is 1.79. The number of rotatable bonds is 5. The first-order valence-corrected chi connectivity index (χ1v) is 7.32. The van der Waals surface area contributed by atoms with Gasteiger partial charge in [-0.25, -0.2) is 4.98 Å². The summed E-state index contributed by atoms with van der Waals surface area (Å²) < 4.78 is 2.87. The number of likely N-dealkylation sites (N-methyl/N-ethyl adjacent to an activating group) is 1. The highest BCUT2D eigenvalue weighted by Gasteiger charge is 2.19. The van der Waals surface area contributed by atoms with Crippen LogP contribution in [0.4, 0.5) is 0 Å². The average molecular weight is 330 g/mol. The van der Waals surface area contributed by atoms with E-state index in [4.69, 9.17) is 5.73 Å². The predicted molar refractivity (Wildman–Crippen MR) is 76.6 cm³/mol. The van der Waals surface area contributed by atoms with Crippen molar-refractivity contribution in [1.82, 2.24) is 19.7 Å². The maximum absolute atomic E-state index is 6.25. The van der Waals surface area contributed by atoms with Crippen LogP contribution in [0.1, 0.15) is 17.4 Å². The fourth-order valence-electron chi connectivity index (χ4n) is 1.67. The second-order valence-electron chi connectivity index (χ2n) is 4.30. The highest BCUT2D eigenvalue weighted by molar-refractivity contribution is 9.10. The smallest absolute Gasteiger partial charge is 0.0917 e. The van der Waals surface area contributed by atoms with Crippen LogP contribution in [-0.2, 0) is 6.54 Å². The summed E-state index contributed by atoms with van der Waals surface area (Å²) in [5.41, 5.74) is 9.90. The van der Waals surface area contributed by atoms with Gasteiger partial charge < -0.3 is 10.6 Å². The molecule has 18 heavy (non-hydrogen) atoms. The summed E-state index contributed by atoms with van der Waals surface area (Å²) in [7, 11) is 4.08. The summed E-state index contributed by atoms with van der Waals surface area (Å²) in [5, 5.41) is 6.33. The van der Waals surface area contributed by atoms with Gasteiger partial charge in [-0.05, 0) is 30.0 Å². The molecule has 0 radical (unpaired) electrons. The van der Waals surface area contributed by atoms with Crippen molar-refractivity contribution in [3.8, 4) is 0 Å². The standard InChI is InChI=1S/C11H16BrN5S/c1-16(2)3-4-17-11(8(12)5-15-17)10(13)9-6-18-7-14-9/h5-7,10H,3-4,13H2,1-2H3. The number of aromatic nitrogens is 3. The second kappa shape index (κ2) is 5.92. The molecule has 2 heterocycles. The zero-order chi connectivity index (χ0) is 13.1. The Morgan fingerprint density at radius 1 is 1.56 bits per heavy atom. The molecule has 0 fully saturated rings. The van der Waals surface area contributed by atoms with E-state index in [1.54, 1.807) is 23.0 Å². The Kier molecular flexibility index (Phi) is 4.50. The monoisotopic (exact) mass is 329 g/mol. The van der Waals surface area contributed by atoms with E-state index in [9.17, 15) is 0 Å². The van der Waals surface area contributed by atoms with E-state index < -0.39 is 0 Å². The third-order valence-corrected chi connectivity index (χ3v) is 3.87. The molecular weight excluding hydrogens is 314 g/mol. The largest absolute Gasteiger partial charge is 0.318 e. The molecule has 7 heteroatoms. The minimum Gasteiger partial charge on any atom is -0.318 e. The second-order valence-corrected chi connectivity index (χ2v) is 5.87. The Labute approximate surface area is 119 Å². The molecule has 0 spiro atoms. The van der Waals surface area contributed by atoms with E-state index in [1.807, 2.05) is 24.2 Å². The highest BCUT2D eigenvalue weighted by atomic mass is 79.9. The summed E-state index contributed by atoms with van der Waals surface area (Å²) in [5.74, 6) is 0. The van der Waals surface area contributed by atoms with Crippen LogP contribution in [0.25, 0.3) is 0 Å². The molecule has 2 aromatic rings. The molecule has 98 valence electrons. The first-order valence-electron chi connectivity index (χ1n) is 5.59. The number of nitrogens with two attached hydrogens (primary N) is 1. The topological polar surface area (TPSA) is 60.0 Å². The lowest BCUT2D eigenvalue weighted by molar-refractivity contribution is 0.367. The molecule has 2 N–H and O–H groups in total. The van der Waals surface area contributed by atoms with Crippen molar-refractivity contribution in [2.45, 2.75) is 12.6 Å². The van der Waals surface area contributed by atoms with Gasteiger partial charge in [0, 0.05) is 11.9 Å². The third-order valence-electron chi connectivity index (χ3n) is 2.66. The quantitative estimate of drug-likeness (QED) is 0.907. The Bertz CT molecular complexity index is 494. The van der Waals surface area contributed by atoms with Gasteiger partial charge in [0.2, 0.25) is 0 Å². The molecule has 0 aliphatic heterocycles. The highest BCUT2D eigenvalue weighted by Crippen LogP contribution is 2.26. The Morgan fingerprint density at radius 3 is 2.94 bits per heavy atom. The van der Waals surface area contributed by atoms with Crippen LogP contribution in [0.15, 0.2) is 21.6 Å². The molecule has 1 unspecified atom stereocenters. The van der Waals surface area contributed by atoms with Gasteiger partial charge in [-0.3, -0.25) is 4.68 Å². The van der Waals surface area contributed by atoms with Gasteiger partial charge in [-0.15, -0.1) is 11.3 Å². The van der Waals surface area contributed by atoms with Crippen molar-refractivity contribution in [2.24, 2.45) is 5.73 Å². The predicted octanol–water partition coefficient (Wildman–Crippen LogP) is 1.71. The normalized spacial score (nSPS) is 13.2. The summed E-state index contributed by atoms with van der Waals surface area (Å²) in [6.45, 7) is 1.73. The number of hydrogen-bond donors (Lipinski definition) is 1. The Hall–Kier alpha value is -0.760. The number of halogens is 1. The molecule has 0 aliphatic rings. The maximum atomic E-state index is 6.25. The molecule has 1 atom stereocenters. The van der Waals surface area contributed by atoms with E-state index in [-0.39, 0.29) is 6.04 Å². The molecule has 0 bridgehead atoms. The summed E-state index contributed by atoms with van der Waals surface area (Å²) in [6, 6.07) is -0.240. The van der Waals surface area contributed by atoms with Crippen molar-refractivity contribution >= 4 is 27.3 Å². The van der Waals surface area contributed by atoms with Crippen LogP contribution < -0.4 is 5.73 Å². The Balaban J connectivity index is 2.23. The van der Waals surface area contributed by atoms with Gasteiger partial charge in [0.25, 0.3) is 0 Å². The molecule has 2 aromatic heterocycles. The first-order chi connectivity index (χ1) is 8.59. The molecule has 2 rings (SSSR count). The van der Waals surface area contributed by atoms with Crippen LogP contribution in [0.2, 0.25) is 0 Å². The van der Waals surface area contributed by atoms with Gasteiger partial charge >= 0.3 is 0 Å². The minimum absolute atomic E-state index is 0.240. The zero-order valence-corrected chi connectivity index (χ0v) is 12.8. The van der Waals surface area contributed by atoms with E-state index in [0.717, 1.165) is 29.0 Å². The molecule has 0 aromatic carbocycles. The number of nitrogens with zero attached hydrogens (tertiary/aromatic N) is 4. The lowest BCUT2D eigenvalue weighted by Crippen LogP contribution is -2.23. The average Bonchev–Trinajstić information content (AvgIpc) is 2.94. The third kappa shape index (κ3) is 2.97. The van der Waals surface area contributed by atoms with Crippen molar-refractivity contribution in [3.05, 3.63) is 32.9 Å². The van der Waals surface area contributed by atoms with Crippen molar-refractivity contribution in [2.75, 3.05) is 20.6 Å². The van der Waals surface area contributed by atoms with Crippen molar-refractivity contribution in [3.63, 3.8) is 0 Å². The van der Waals surface area contributed by atoms with E-state index in [0.29, 0.717) is 0 Å². The molecular formula is C11H16BrN5S. The first kappa shape index (κ1) is 13.7. The SMILES string of the molecule is CN(C)CCn1ncc(Br)c1C(N)c1cscn1. The van der Waals surface area contributed by atoms with Gasteiger partial charge in [-0.1, -0.05) is 0 Å². The van der Waals surface area contributed by atoms with Crippen LogP contribution in [0.3, 0.4) is 0 Å². The van der Waals surface area contributed by atoms with Gasteiger partial charge in [0.05, 0.1) is 40.2 Å². The molecule has 0 saturated heterocycles. The van der Waals surface area contributed by atoms with Crippen molar-refractivity contribution < 1.29 is 0 Å². The van der Waals surface area contributed by atoms with Crippen LogP contribution >= 0.6 is 27.3 Å². The van der Waals surface area contributed by atoms with Crippen LogP contribution in [-0.4, -0.2) is 40.3 Å². The van der Waals surface area contributed by atoms with E-state index >= 15 is 0 Å². The summed E-state index contributed by atoms with van der Waals surface area (Å²) >= 11 is 5.06. The summed E-state index contributed by atoms with van der Waals surface area (Å²) in [4.78, 5) is 6.39. The molecule has 0 aliphatic carbocycles. The lowest BCUT2D eigenvalue weighted by Gasteiger charge is -2.15. The minimum atomic E-state index is -0.240. The maximum Gasteiger partial charge on any atom is 0.0917 e.